The molecule has 42 heavy (non-hydrogen) atoms. The average molecular weight is 633 g/mol. The van der Waals surface area contributed by atoms with Gasteiger partial charge in [-0.3, -0.25) is 19.2 Å². The van der Waals surface area contributed by atoms with Crippen molar-refractivity contribution >= 4 is 70.5 Å². The number of rotatable bonds is 6. The van der Waals surface area contributed by atoms with E-state index in [0.717, 1.165) is 12.1 Å². The summed E-state index contributed by atoms with van der Waals surface area (Å²) in [4.78, 5) is 10.8. The molecule has 0 amide bonds. The van der Waals surface area contributed by atoms with Crippen LogP contribution in [0, 0.1) is 10.1 Å². The van der Waals surface area contributed by atoms with Crippen molar-refractivity contribution in [1.29, 1.82) is 0 Å². The molecule has 0 atom stereocenters. The van der Waals surface area contributed by atoms with Crippen LogP contribution in [0.1, 0.15) is 11.1 Å². The number of hydrogen-bond donors (Lipinski definition) is 2. The summed E-state index contributed by atoms with van der Waals surface area (Å²) in [6.45, 7) is 0. The molecule has 0 unspecified atom stereocenters. The van der Waals surface area contributed by atoms with Crippen LogP contribution in [0.2, 0.25) is 0 Å². The molecule has 0 aliphatic heterocycles. The van der Waals surface area contributed by atoms with Gasteiger partial charge in [-0.1, -0.05) is 36.4 Å². The van der Waals surface area contributed by atoms with Crippen molar-refractivity contribution in [2.24, 2.45) is 0 Å². The lowest BCUT2D eigenvalue weighted by Gasteiger charge is -2.03. The Bertz CT molecular complexity index is 2220. The minimum atomic E-state index is -4.69. The summed E-state index contributed by atoms with van der Waals surface area (Å²) >= 11 is 0. The molecule has 5 rings (SSSR count). The Hall–Kier alpha value is -4.88. The van der Waals surface area contributed by atoms with Crippen molar-refractivity contribution in [2.45, 2.75) is 9.79 Å². The molecule has 216 valence electrons. The molecule has 0 spiro atoms. The Labute approximate surface area is 238 Å². The molecule has 0 aliphatic carbocycles. The molecule has 1 aromatic heterocycles. The Kier molecular flexibility index (Phi) is 8.27. The van der Waals surface area contributed by atoms with Crippen molar-refractivity contribution < 1.29 is 43.5 Å². The first-order valence-corrected chi connectivity index (χ1v) is 15.1. The average Bonchev–Trinajstić information content (AvgIpc) is 3.35. The number of nitro groups is 1. The zero-order valence-corrected chi connectivity index (χ0v) is 23.1. The lowest BCUT2D eigenvalue weighted by atomic mass is 10.1. The predicted molar refractivity (Wildman–Crippen MR) is 148 cm³/mol. The molecule has 4 aromatic carbocycles. The fraction of sp³-hybridized carbons (Fsp3) is 0. The van der Waals surface area contributed by atoms with Gasteiger partial charge >= 0.3 is 10.6 Å². The number of benzene rings is 4. The van der Waals surface area contributed by atoms with Crippen LogP contribution in [0.5, 0.6) is 0 Å². The fourth-order valence-corrected chi connectivity index (χ4v) is 5.08. The number of hydrogen-bond acceptors (Lipinski definition) is 11. The third-order valence-electron chi connectivity index (χ3n) is 5.70. The molecule has 2 N–H and O–H groups in total. The highest BCUT2D eigenvalue weighted by Crippen LogP contribution is 2.27. The summed E-state index contributed by atoms with van der Waals surface area (Å²) in [6.07, 6.45) is 2.99. The smallest absolute Gasteiger partial charge is 0.282 e. The molecule has 0 aliphatic rings. The summed E-state index contributed by atoms with van der Waals surface area (Å²) in [5.41, 5.74) is 1.97. The maximum absolute atomic E-state index is 11.7. The normalized spacial score (nSPS) is 11.9. The highest BCUT2D eigenvalue weighted by atomic mass is 32.2. The van der Waals surface area contributed by atoms with Crippen LogP contribution in [0.3, 0.4) is 0 Å². The van der Waals surface area contributed by atoms with Crippen LogP contribution < -0.4 is 0 Å². The summed E-state index contributed by atoms with van der Waals surface area (Å²) in [7, 11) is -12.1. The van der Waals surface area contributed by atoms with Gasteiger partial charge in [0.2, 0.25) is 0 Å². The van der Waals surface area contributed by atoms with Crippen LogP contribution in [0.25, 0.3) is 39.6 Å². The van der Waals surface area contributed by atoms with Gasteiger partial charge < -0.3 is 0 Å². The molecule has 0 bridgehead atoms. The number of non-ortho nitro benzene ring substituents is 1. The van der Waals surface area contributed by atoms with Crippen molar-refractivity contribution in [3.05, 3.63) is 94.0 Å². The third-order valence-corrected chi connectivity index (χ3v) is 7.46. The first-order valence-electron chi connectivity index (χ1n) is 11.2. The molecule has 0 radical (unpaired) electrons. The second-order valence-corrected chi connectivity index (χ2v) is 11.6. The van der Waals surface area contributed by atoms with E-state index in [4.69, 9.17) is 12.6 Å². The quantitative estimate of drug-likeness (QED) is 0.119. The minimum Gasteiger partial charge on any atom is -0.282 e. The Balaban J connectivity index is 0.000000952. The summed E-state index contributed by atoms with van der Waals surface area (Å²) in [5.74, 6) is 0. The van der Waals surface area contributed by atoms with Gasteiger partial charge in [-0.25, -0.2) is 0 Å². The monoisotopic (exact) mass is 632 g/mol. The second-order valence-electron chi connectivity index (χ2n) is 8.36. The topological polar surface area (TPSA) is 234 Å². The van der Waals surface area contributed by atoms with Crippen molar-refractivity contribution in [3.8, 4) is 5.69 Å². The molecule has 0 saturated carbocycles. The van der Waals surface area contributed by atoms with Gasteiger partial charge in [0.15, 0.2) is 0 Å². The number of aromatic nitrogens is 3. The van der Waals surface area contributed by atoms with E-state index in [9.17, 15) is 36.1 Å². The van der Waals surface area contributed by atoms with Gasteiger partial charge in [0.05, 0.1) is 15.5 Å². The second kappa shape index (κ2) is 11.5. The van der Waals surface area contributed by atoms with E-state index in [1.54, 1.807) is 48.5 Å². The number of nitrogens with zero attached hydrogens (tertiary/aromatic N) is 4. The Morgan fingerprint density at radius 3 is 2.07 bits per heavy atom. The van der Waals surface area contributed by atoms with Crippen molar-refractivity contribution in [1.82, 2.24) is 15.0 Å². The zero-order valence-electron chi connectivity index (χ0n) is 20.7. The van der Waals surface area contributed by atoms with E-state index in [-0.39, 0.29) is 10.5 Å². The summed E-state index contributed by atoms with van der Waals surface area (Å²) in [5, 5.41) is 21.1. The van der Waals surface area contributed by atoms with E-state index in [1.165, 1.54) is 29.1 Å². The fourth-order valence-electron chi connectivity index (χ4n) is 3.86. The largest absolute Gasteiger partial charge is 0.425 e. The maximum Gasteiger partial charge on any atom is 0.425 e. The van der Waals surface area contributed by atoms with E-state index in [1.807, 2.05) is 0 Å². The molecule has 5 aromatic rings. The molecular formula is C24H16N4O11S3. The molecule has 18 heteroatoms. The molecule has 1 heterocycles. The van der Waals surface area contributed by atoms with Gasteiger partial charge in [0.1, 0.15) is 15.9 Å². The van der Waals surface area contributed by atoms with Crippen molar-refractivity contribution in [2.75, 3.05) is 0 Å². The SMILES string of the molecule is O=S(=O)=O.O=[N+]([O-])c1ccc(/C=C/c2ccc(-n3nc4ccc5cc(S(=O)(=O)O)ccc5c4n3)cc2)c(S(=O)(=O)O)c1. The lowest BCUT2D eigenvalue weighted by Crippen LogP contribution is -2.02. The molecular weight excluding hydrogens is 616 g/mol. The standard InChI is InChI=1S/C24H16N4O8S2.O3S/c29-28(30)19-9-5-16(23(14-19)38(34,35)36)4-1-15-2-7-18(8-3-15)27-25-22-12-6-17-13-20(37(31,32)33)10-11-21(17)24(22)26-27;1-4(2)3/h1-14H,(H,31,32,33)(H,34,35,36);/b4-1+;. The van der Waals surface area contributed by atoms with E-state index < -0.39 is 46.4 Å². The van der Waals surface area contributed by atoms with Gasteiger partial charge in [0, 0.05) is 17.5 Å². The first kappa shape index (κ1) is 30.1. The van der Waals surface area contributed by atoms with Crippen LogP contribution >= 0.6 is 0 Å². The van der Waals surface area contributed by atoms with Crippen molar-refractivity contribution in [3.63, 3.8) is 0 Å². The van der Waals surface area contributed by atoms with Gasteiger partial charge in [-0.05, 0) is 52.9 Å². The Morgan fingerprint density at radius 2 is 1.48 bits per heavy atom. The molecule has 15 nitrogen and oxygen atoms in total. The van der Waals surface area contributed by atoms with E-state index >= 15 is 0 Å². The lowest BCUT2D eigenvalue weighted by molar-refractivity contribution is -0.385. The van der Waals surface area contributed by atoms with Gasteiger partial charge in [0.25, 0.3) is 25.9 Å². The number of nitro benzene ring substituents is 1. The maximum atomic E-state index is 11.7. The zero-order chi connectivity index (χ0) is 30.8. The van der Waals surface area contributed by atoms with E-state index in [2.05, 4.69) is 10.2 Å². The molecule has 0 saturated heterocycles. The van der Waals surface area contributed by atoms with Crippen LogP contribution in [-0.2, 0) is 30.8 Å². The van der Waals surface area contributed by atoms with Crippen LogP contribution in [-0.4, -0.2) is 58.5 Å². The highest BCUT2D eigenvalue weighted by Gasteiger charge is 2.19. The molecule has 0 fully saturated rings. The first-order chi connectivity index (χ1) is 19.6. The summed E-state index contributed by atoms with van der Waals surface area (Å²) < 4.78 is 90.4. The Morgan fingerprint density at radius 1 is 0.810 bits per heavy atom. The third kappa shape index (κ3) is 6.87. The van der Waals surface area contributed by atoms with Crippen LogP contribution in [0.4, 0.5) is 5.69 Å². The van der Waals surface area contributed by atoms with E-state index in [0.29, 0.717) is 33.1 Å². The van der Waals surface area contributed by atoms with Gasteiger partial charge in [-0.2, -0.15) is 21.6 Å². The highest BCUT2D eigenvalue weighted by molar-refractivity contribution is 7.86. The number of fused-ring (bicyclic) bond motifs is 3. The van der Waals surface area contributed by atoms with Crippen LogP contribution in [0.15, 0.2) is 82.6 Å². The predicted octanol–water partition coefficient (Wildman–Crippen LogP) is 3.14. The summed E-state index contributed by atoms with van der Waals surface area (Å²) in [6, 6.07) is 17.6. The minimum absolute atomic E-state index is 0.0752. The van der Waals surface area contributed by atoms with Gasteiger partial charge in [-0.15, -0.1) is 22.8 Å².